The van der Waals surface area contributed by atoms with Crippen LogP contribution in [0.2, 0.25) is 0 Å². The van der Waals surface area contributed by atoms with Gasteiger partial charge >= 0.3 is 6.16 Å². The van der Waals surface area contributed by atoms with Crippen molar-refractivity contribution in [2.45, 2.75) is 38.8 Å². The molecule has 1 amide bonds. The maximum Gasteiger partial charge on any atom is 0.528 e. The third-order valence-electron chi connectivity index (χ3n) is 4.93. The number of nitrogens with one attached hydrogen (secondary N) is 1. The lowest BCUT2D eigenvalue weighted by molar-refractivity contribution is -0.150. The van der Waals surface area contributed by atoms with Gasteiger partial charge in [0.2, 0.25) is 5.91 Å². The number of aryl methyl sites for hydroxylation is 1. The second-order valence-electron chi connectivity index (χ2n) is 7.12. The van der Waals surface area contributed by atoms with Crippen molar-refractivity contribution >= 4 is 12.1 Å². The standard InChI is InChI=1S/C21H28N4O4/c26-20(23-10-4-5-12-24-15-11-22-17-24)19-8-13-25(14-9-19)29-21(27)28-16-18-6-2-1-3-7-18/h1-3,6-7,11,15,17,19H,4-5,8-10,12-14,16H2,(H,23,26). The summed E-state index contributed by atoms with van der Waals surface area (Å²) in [7, 11) is 0. The fourth-order valence-electron chi connectivity index (χ4n) is 3.25. The molecule has 0 radical (unpaired) electrons. The maximum absolute atomic E-state index is 12.3. The van der Waals surface area contributed by atoms with Gasteiger partial charge < -0.3 is 19.5 Å². The molecule has 1 N–H and O–H groups in total. The first-order chi connectivity index (χ1) is 14.2. The lowest BCUT2D eigenvalue weighted by atomic mass is 9.97. The average molecular weight is 400 g/mol. The van der Waals surface area contributed by atoms with E-state index in [2.05, 4.69) is 10.3 Å². The number of aromatic nitrogens is 2. The largest absolute Gasteiger partial charge is 0.528 e. The van der Waals surface area contributed by atoms with Crippen molar-refractivity contribution in [3.05, 3.63) is 54.6 Å². The number of hydrogen-bond acceptors (Lipinski definition) is 6. The molecule has 1 aromatic heterocycles. The molecule has 2 aromatic rings. The van der Waals surface area contributed by atoms with Crippen LogP contribution in [0.15, 0.2) is 49.1 Å². The zero-order valence-corrected chi connectivity index (χ0v) is 16.5. The molecule has 0 saturated carbocycles. The normalized spacial score (nSPS) is 15.0. The van der Waals surface area contributed by atoms with Crippen LogP contribution in [0.5, 0.6) is 0 Å². The minimum atomic E-state index is -0.713. The van der Waals surface area contributed by atoms with Crippen molar-refractivity contribution in [3.63, 3.8) is 0 Å². The van der Waals surface area contributed by atoms with Gasteiger partial charge in [0, 0.05) is 44.5 Å². The average Bonchev–Trinajstić information content (AvgIpc) is 3.27. The molecule has 8 heteroatoms. The molecular formula is C21H28N4O4. The molecule has 1 fully saturated rings. The summed E-state index contributed by atoms with van der Waals surface area (Å²) in [6.07, 6.45) is 8.03. The third-order valence-corrected chi connectivity index (χ3v) is 4.93. The van der Waals surface area contributed by atoms with E-state index in [4.69, 9.17) is 9.57 Å². The van der Waals surface area contributed by atoms with E-state index in [0.29, 0.717) is 32.5 Å². The van der Waals surface area contributed by atoms with Crippen LogP contribution in [0.25, 0.3) is 0 Å². The molecular weight excluding hydrogens is 372 g/mol. The van der Waals surface area contributed by atoms with Gasteiger partial charge in [-0.3, -0.25) is 4.79 Å². The third kappa shape index (κ3) is 7.23. The number of amides is 1. The molecule has 0 atom stereocenters. The van der Waals surface area contributed by atoms with E-state index in [0.717, 1.165) is 24.9 Å². The summed E-state index contributed by atoms with van der Waals surface area (Å²) in [6, 6.07) is 9.45. The van der Waals surface area contributed by atoms with Gasteiger partial charge in [0.05, 0.1) is 6.33 Å². The highest BCUT2D eigenvalue weighted by Crippen LogP contribution is 2.18. The van der Waals surface area contributed by atoms with Crippen molar-refractivity contribution < 1.29 is 19.2 Å². The molecule has 1 aliphatic heterocycles. The van der Waals surface area contributed by atoms with Gasteiger partial charge in [-0.05, 0) is 31.2 Å². The van der Waals surface area contributed by atoms with E-state index in [1.165, 1.54) is 0 Å². The Morgan fingerprint density at radius 3 is 2.66 bits per heavy atom. The zero-order chi connectivity index (χ0) is 20.3. The lowest BCUT2D eigenvalue weighted by Gasteiger charge is -2.29. The van der Waals surface area contributed by atoms with Crippen LogP contribution in [0.3, 0.4) is 0 Å². The van der Waals surface area contributed by atoms with Crippen LogP contribution in [-0.2, 0) is 27.5 Å². The summed E-state index contributed by atoms with van der Waals surface area (Å²) in [5, 5.41) is 4.58. The van der Waals surface area contributed by atoms with E-state index in [9.17, 15) is 9.59 Å². The van der Waals surface area contributed by atoms with Crippen molar-refractivity contribution in [1.29, 1.82) is 0 Å². The van der Waals surface area contributed by atoms with E-state index in [1.807, 2.05) is 41.1 Å². The number of imidazole rings is 1. The highest BCUT2D eigenvalue weighted by atomic mass is 16.8. The summed E-state index contributed by atoms with van der Waals surface area (Å²) in [5.41, 5.74) is 0.907. The van der Waals surface area contributed by atoms with Gasteiger partial charge in [0.15, 0.2) is 0 Å². The molecule has 8 nitrogen and oxygen atoms in total. The fourth-order valence-corrected chi connectivity index (χ4v) is 3.25. The number of benzene rings is 1. The highest BCUT2D eigenvalue weighted by molar-refractivity contribution is 5.78. The van der Waals surface area contributed by atoms with Crippen LogP contribution in [-0.4, -0.2) is 46.3 Å². The summed E-state index contributed by atoms with van der Waals surface area (Å²) in [4.78, 5) is 33.3. The van der Waals surface area contributed by atoms with Gasteiger partial charge in [0.25, 0.3) is 0 Å². The predicted molar refractivity (Wildman–Crippen MR) is 106 cm³/mol. The van der Waals surface area contributed by atoms with Crippen LogP contribution < -0.4 is 5.32 Å². The fraction of sp³-hybridized carbons (Fsp3) is 0.476. The van der Waals surface area contributed by atoms with E-state index in [-0.39, 0.29) is 18.4 Å². The zero-order valence-electron chi connectivity index (χ0n) is 16.5. The molecule has 0 aliphatic carbocycles. The number of rotatable bonds is 9. The smallest absolute Gasteiger partial charge is 0.428 e. The van der Waals surface area contributed by atoms with E-state index < -0.39 is 6.16 Å². The number of hydrogen-bond donors (Lipinski definition) is 1. The molecule has 2 heterocycles. The van der Waals surface area contributed by atoms with Crippen LogP contribution in [0.4, 0.5) is 4.79 Å². The van der Waals surface area contributed by atoms with Crippen LogP contribution in [0, 0.1) is 5.92 Å². The molecule has 0 bridgehead atoms. The molecule has 3 rings (SSSR count). The lowest BCUT2D eigenvalue weighted by Crippen LogP contribution is -2.41. The Morgan fingerprint density at radius 1 is 1.14 bits per heavy atom. The van der Waals surface area contributed by atoms with E-state index >= 15 is 0 Å². The van der Waals surface area contributed by atoms with Gasteiger partial charge in [-0.2, -0.15) is 0 Å². The second-order valence-corrected chi connectivity index (χ2v) is 7.12. The number of carbonyl (C=O) groups is 2. The molecule has 156 valence electrons. The predicted octanol–water partition coefficient (Wildman–Crippen LogP) is 2.76. The van der Waals surface area contributed by atoms with Crippen molar-refractivity contribution in [2.75, 3.05) is 19.6 Å². The monoisotopic (exact) mass is 400 g/mol. The van der Waals surface area contributed by atoms with Crippen LogP contribution >= 0.6 is 0 Å². The Hall–Kier alpha value is -2.87. The summed E-state index contributed by atoms with van der Waals surface area (Å²) < 4.78 is 7.15. The van der Waals surface area contributed by atoms with Crippen LogP contribution in [0.1, 0.15) is 31.2 Å². The first kappa shape index (κ1) is 20.9. The molecule has 29 heavy (non-hydrogen) atoms. The molecule has 1 saturated heterocycles. The first-order valence-electron chi connectivity index (χ1n) is 10.1. The van der Waals surface area contributed by atoms with E-state index in [1.54, 1.807) is 17.6 Å². The van der Waals surface area contributed by atoms with Crippen molar-refractivity contribution in [1.82, 2.24) is 19.9 Å². The van der Waals surface area contributed by atoms with Gasteiger partial charge in [-0.1, -0.05) is 30.3 Å². The SMILES string of the molecule is O=C(OCc1ccccc1)ON1CCC(C(=O)NCCCCn2ccnc2)CC1. The van der Waals surface area contributed by atoms with Gasteiger partial charge in [-0.15, -0.1) is 5.06 Å². The summed E-state index contributed by atoms with van der Waals surface area (Å²) in [6.45, 7) is 2.82. The summed E-state index contributed by atoms with van der Waals surface area (Å²) in [5.74, 6) is 0.0442. The summed E-state index contributed by atoms with van der Waals surface area (Å²) >= 11 is 0. The van der Waals surface area contributed by atoms with Gasteiger partial charge in [-0.25, -0.2) is 9.78 Å². The minimum absolute atomic E-state index is 0.0381. The maximum atomic E-state index is 12.3. The highest BCUT2D eigenvalue weighted by Gasteiger charge is 2.27. The van der Waals surface area contributed by atoms with Crippen molar-refractivity contribution in [3.8, 4) is 0 Å². The minimum Gasteiger partial charge on any atom is -0.428 e. The Morgan fingerprint density at radius 2 is 1.93 bits per heavy atom. The number of piperidine rings is 1. The Labute approximate surface area is 170 Å². The Kier molecular flexibility index (Phi) is 8.06. The number of carbonyl (C=O) groups excluding carboxylic acids is 2. The quantitative estimate of drug-likeness (QED) is 0.515. The Balaban J connectivity index is 1.25. The topological polar surface area (TPSA) is 85.7 Å². The van der Waals surface area contributed by atoms with Crippen molar-refractivity contribution in [2.24, 2.45) is 5.92 Å². The number of hydroxylamine groups is 2. The van der Waals surface area contributed by atoms with Gasteiger partial charge in [0.1, 0.15) is 6.61 Å². The number of unbranched alkanes of at least 4 members (excludes halogenated alkanes) is 1. The first-order valence-corrected chi connectivity index (χ1v) is 10.1. The molecule has 1 aromatic carbocycles. The Bertz CT molecular complexity index is 743. The number of ether oxygens (including phenoxy) is 1. The number of nitrogens with zero attached hydrogens (tertiary/aromatic N) is 3. The molecule has 0 spiro atoms. The second kappa shape index (κ2) is 11.2. The molecule has 0 unspecified atom stereocenters. The molecule has 1 aliphatic rings.